The summed E-state index contributed by atoms with van der Waals surface area (Å²) >= 11 is 3.30. The van der Waals surface area contributed by atoms with Gasteiger partial charge < -0.3 is 4.74 Å². The van der Waals surface area contributed by atoms with Gasteiger partial charge in [-0.25, -0.2) is 13.1 Å². The minimum Gasteiger partial charge on any atom is -0.495 e. The highest BCUT2D eigenvalue weighted by Gasteiger charge is 2.23. The average molecular weight is 453 g/mol. The fourth-order valence-corrected chi connectivity index (χ4v) is 3.90. The van der Waals surface area contributed by atoms with Crippen molar-refractivity contribution in [2.75, 3.05) is 11.8 Å². The molecule has 140 valence electrons. The number of rotatable bonds is 6. The number of anilines is 1. The zero-order valence-electron chi connectivity index (χ0n) is 13.9. The lowest BCUT2D eigenvalue weighted by Crippen LogP contribution is -2.16. The van der Waals surface area contributed by atoms with Gasteiger partial charge in [0, 0.05) is 12.3 Å². The van der Waals surface area contributed by atoms with E-state index in [0.29, 0.717) is 5.69 Å². The van der Waals surface area contributed by atoms with Gasteiger partial charge >= 0.3 is 0 Å². The molecule has 0 aliphatic rings. The number of benzene rings is 2. The molecule has 1 aromatic heterocycles. The topological polar surface area (TPSA) is 116 Å². The van der Waals surface area contributed by atoms with Crippen LogP contribution in [0.15, 0.2) is 64.2 Å². The van der Waals surface area contributed by atoms with Crippen LogP contribution in [0.25, 0.3) is 5.69 Å². The molecule has 0 radical (unpaired) electrons. The standard InChI is InChI=1S/C16H13BrN4O5S/c1-26-15-8-12(21(22)23)6-7-16(15)27(24,25)19-13-4-2-3-5-14(13)20-10-11(17)9-18-20/h2-10,19H,1H3. The summed E-state index contributed by atoms with van der Waals surface area (Å²) in [4.78, 5) is 10.1. The molecule has 0 atom stereocenters. The molecule has 9 nitrogen and oxygen atoms in total. The fourth-order valence-electron chi connectivity index (χ4n) is 2.38. The number of ether oxygens (including phenoxy) is 1. The van der Waals surface area contributed by atoms with Crippen molar-refractivity contribution in [1.29, 1.82) is 0 Å². The molecule has 0 amide bonds. The summed E-state index contributed by atoms with van der Waals surface area (Å²) in [6.45, 7) is 0. The van der Waals surface area contributed by atoms with E-state index < -0.39 is 14.9 Å². The first-order valence-electron chi connectivity index (χ1n) is 7.46. The van der Waals surface area contributed by atoms with Gasteiger partial charge in [0.25, 0.3) is 15.7 Å². The molecular weight excluding hydrogens is 440 g/mol. The Hall–Kier alpha value is -2.92. The van der Waals surface area contributed by atoms with E-state index in [2.05, 4.69) is 25.8 Å². The Bertz CT molecular complexity index is 1110. The molecule has 0 aliphatic carbocycles. The molecule has 2 aromatic carbocycles. The van der Waals surface area contributed by atoms with Gasteiger partial charge in [-0.3, -0.25) is 14.8 Å². The molecule has 0 unspecified atom stereocenters. The highest BCUT2D eigenvalue weighted by atomic mass is 79.9. The van der Waals surface area contributed by atoms with Crippen LogP contribution in [0.1, 0.15) is 0 Å². The second-order valence-corrected chi connectivity index (χ2v) is 7.88. The van der Waals surface area contributed by atoms with Crippen molar-refractivity contribution >= 4 is 37.3 Å². The van der Waals surface area contributed by atoms with Gasteiger partial charge in [0.1, 0.15) is 10.6 Å². The highest BCUT2D eigenvalue weighted by Crippen LogP contribution is 2.31. The van der Waals surface area contributed by atoms with E-state index in [1.807, 2.05) is 0 Å². The molecule has 0 bridgehead atoms. The van der Waals surface area contributed by atoms with Crippen molar-refractivity contribution in [1.82, 2.24) is 9.78 Å². The van der Waals surface area contributed by atoms with Gasteiger partial charge in [-0.1, -0.05) is 12.1 Å². The molecule has 0 saturated heterocycles. The maximum Gasteiger partial charge on any atom is 0.273 e. The Labute approximate surface area is 162 Å². The number of halogens is 1. The Morgan fingerprint density at radius 2 is 2.00 bits per heavy atom. The predicted molar refractivity (Wildman–Crippen MR) is 102 cm³/mol. The van der Waals surface area contributed by atoms with Crippen molar-refractivity contribution < 1.29 is 18.1 Å². The maximum absolute atomic E-state index is 12.9. The summed E-state index contributed by atoms with van der Waals surface area (Å²) in [5.74, 6) is -0.129. The molecule has 1 heterocycles. The SMILES string of the molecule is COc1cc([N+](=O)[O-])ccc1S(=O)(=O)Nc1ccccc1-n1cc(Br)cn1. The minimum atomic E-state index is -4.07. The highest BCUT2D eigenvalue weighted by molar-refractivity contribution is 9.10. The number of hydrogen-bond donors (Lipinski definition) is 1. The number of methoxy groups -OCH3 is 1. The van der Waals surface area contributed by atoms with Gasteiger partial charge in [-0.15, -0.1) is 0 Å². The van der Waals surface area contributed by atoms with E-state index in [9.17, 15) is 18.5 Å². The van der Waals surface area contributed by atoms with Crippen LogP contribution in [0, 0.1) is 10.1 Å². The molecule has 27 heavy (non-hydrogen) atoms. The largest absolute Gasteiger partial charge is 0.495 e. The lowest BCUT2D eigenvalue weighted by Gasteiger charge is -2.14. The summed E-state index contributed by atoms with van der Waals surface area (Å²) in [5.41, 5.74) is 0.522. The smallest absolute Gasteiger partial charge is 0.273 e. The Balaban J connectivity index is 2.03. The van der Waals surface area contributed by atoms with Crippen LogP contribution in [-0.2, 0) is 10.0 Å². The normalized spacial score (nSPS) is 11.2. The number of nitrogens with zero attached hydrogens (tertiary/aromatic N) is 3. The second kappa shape index (κ2) is 7.37. The number of nitro benzene ring substituents is 1. The number of sulfonamides is 1. The molecule has 1 N–H and O–H groups in total. The van der Waals surface area contributed by atoms with E-state index in [0.717, 1.165) is 22.7 Å². The molecule has 3 rings (SSSR count). The molecule has 11 heteroatoms. The van der Waals surface area contributed by atoms with Crippen LogP contribution in [0.5, 0.6) is 5.75 Å². The van der Waals surface area contributed by atoms with E-state index >= 15 is 0 Å². The number of nitrogens with one attached hydrogen (secondary N) is 1. The van der Waals surface area contributed by atoms with Crippen LogP contribution >= 0.6 is 15.9 Å². The summed E-state index contributed by atoms with van der Waals surface area (Å²) in [5, 5.41) is 15.0. The number of para-hydroxylation sites is 2. The Kier molecular flexibility index (Phi) is 5.15. The fraction of sp³-hybridized carbons (Fsp3) is 0.0625. The van der Waals surface area contributed by atoms with Crippen LogP contribution < -0.4 is 9.46 Å². The number of hydrogen-bond acceptors (Lipinski definition) is 6. The Morgan fingerprint density at radius 3 is 2.63 bits per heavy atom. The van der Waals surface area contributed by atoms with Crippen molar-refractivity contribution in [3.63, 3.8) is 0 Å². The van der Waals surface area contributed by atoms with Gasteiger partial charge in [-0.05, 0) is 34.1 Å². The van der Waals surface area contributed by atoms with Gasteiger partial charge in [0.2, 0.25) is 0 Å². The van der Waals surface area contributed by atoms with Crippen molar-refractivity contribution in [3.8, 4) is 11.4 Å². The molecule has 0 fully saturated rings. The van der Waals surface area contributed by atoms with Gasteiger partial charge in [0.15, 0.2) is 0 Å². The molecule has 0 aliphatic heterocycles. The van der Waals surface area contributed by atoms with E-state index in [-0.39, 0.29) is 22.0 Å². The number of nitro groups is 1. The molecule has 0 saturated carbocycles. The number of aromatic nitrogens is 2. The second-order valence-electron chi connectivity index (χ2n) is 5.32. The first-order chi connectivity index (χ1) is 12.8. The zero-order chi connectivity index (χ0) is 19.6. The van der Waals surface area contributed by atoms with Crippen LogP contribution in [0.3, 0.4) is 0 Å². The lowest BCUT2D eigenvalue weighted by molar-refractivity contribution is -0.385. The predicted octanol–water partition coefficient (Wildman–Crippen LogP) is 3.35. The Morgan fingerprint density at radius 1 is 1.26 bits per heavy atom. The van der Waals surface area contributed by atoms with E-state index in [1.165, 1.54) is 11.8 Å². The third-order valence-electron chi connectivity index (χ3n) is 3.59. The molecule has 3 aromatic rings. The van der Waals surface area contributed by atoms with Crippen molar-refractivity contribution in [2.45, 2.75) is 4.90 Å². The summed E-state index contributed by atoms with van der Waals surface area (Å²) in [6.07, 6.45) is 3.25. The summed E-state index contributed by atoms with van der Waals surface area (Å²) in [6, 6.07) is 10.00. The quantitative estimate of drug-likeness (QED) is 0.452. The van der Waals surface area contributed by atoms with Gasteiger partial charge in [0.05, 0.1) is 40.1 Å². The maximum atomic E-state index is 12.9. The molecular formula is C16H13BrN4O5S. The summed E-state index contributed by atoms with van der Waals surface area (Å²) < 4.78 is 35.5. The van der Waals surface area contributed by atoms with Crippen molar-refractivity contribution in [3.05, 3.63) is 69.4 Å². The summed E-state index contributed by atoms with van der Waals surface area (Å²) in [7, 11) is -2.83. The third kappa shape index (κ3) is 3.93. The average Bonchev–Trinajstić information content (AvgIpc) is 3.07. The van der Waals surface area contributed by atoms with Gasteiger partial charge in [-0.2, -0.15) is 5.10 Å². The van der Waals surface area contributed by atoms with Crippen molar-refractivity contribution in [2.24, 2.45) is 0 Å². The van der Waals surface area contributed by atoms with E-state index in [1.54, 1.807) is 36.7 Å². The monoisotopic (exact) mass is 452 g/mol. The van der Waals surface area contributed by atoms with Crippen LogP contribution in [0.2, 0.25) is 0 Å². The third-order valence-corrected chi connectivity index (χ3v) is 5.41. The van der Waals surface area contributed by atoms with Crippen LogP contribution in [0.4, 0.5) is 11.4 Å². The zero-order valence-corrected chi connectivity index (χ0v) is 16.3. The number of non-ortho nitro benzene ring substituents is 1. The first kappa shape index (κ1) is 18.9. The first-order valence-corrected chi connectivity index (χ1v) is 9.74. The van der Waals surface area contributed by atoms with Crippen LogP contribution in [-0.4, -0.2) is 30.2 Å². The van der Waals surface area contributed by atoms with E-state index in [4.69, 9.17) is 4.74 Å². The lowest BCUT2D eigenvalue weighted by atomic mass is 10.3. The minimum absolute atomic E-state index is 0.129. The molecule has 0 spiro atoms.